The van der Waals surface area contributed by atoms with Gasteiger partial charge in [-0.15, -0.1) is 0 Å². The second-order valence-corrected chi connectivity index (χ2v) is 9.45. The number of rotatable bonds is 2. The lowest BCUT2D eigenvalue weighted by atomic mass is 9.96. The number of hydrogen-bond donors (Lipinski definition) is 0. The van der Waals surface area contributed by atoms with Gasteiger partial charge in [-0.25, -0.2) is 9.97 Å². The lowest BCUT2D eigenvalue weighted by Crippen LogP contribution is -2.00. The van der Waals surface area contributed by atoms with Crippen LogP contribution in [-0.2, 0) is 0 Å². The summed E-state index contributed by atoms with van der Waals surface area (Å²) >= 11 is 0. The number of pyridine rings is 1. The van der Waals surface area contributed by atoms with Crippen molar-refractivity contribution in [3.05, 3.63) is 127 Å². The molecule has 172 valence electrons. The molecular formula is C34H21N3. The van der Waals surface area contributed by atoms with Crippen LogP contribution in [0.25, 0.3) is 71.5 Å². The third-order valence-electron chi connectivity index (χ3n) is 7.36. The molecule has 0 saturated heterocycles. The molecule has 0 radical (unpaired) electrons. The van der Waals surface area contributed by atoms with Crippen LogP contribution in [0.15, 0.2) is 127 Å². The topological polar surface area (TPSA) is 30.7 Å². The Bertz CT molecular complexity index is 2050. The number of fused-ring (bicyclic) bond motifs is 7. The quantitative estimate of drug-likeness (QED) is 0.186. The molecule has 0 spiro atoms. The number of para-hydroxylation sites is 3. The zero-order chi connectivity index (χ0) is 24.3. The summed E-state index contributed by atoms with van der Waals surface area (Å²) in [6.07, 6.45) is 0. The molecule has 0 atom stereocenters. The maximum atomic E-state index is 5.34. The van der Waals surface area contributed by atoms with E-state index >= 15 is 0 Å². The van der Waals surface area contributed by atoms with Crippen LogP contribution in [0.2, 0.25) is 0 Å². The van der Waals surface area contributed by atoms with Gasteiger partial charge in [0.1, 0.15) is 5.82 Å². The highest BCUT2D eigenvalue weighted by atomic mass is 15.1. The van der Waals surface area contributed by atoms with Crippen LogP contribution < -0.4 is 0 Å². The lowest BCUT2D eigenvalue weighted by Gasteiger charge is -2.16. The van der Waals surface area contributed by atoms with E-state index in [0.717, 1.165) is 60.7 Å². The zero-order valence-corrected chi connectivity index (χ0v) is 20.0. The maximum Gasteiger partial charge on any atom is 0.147 e. The van der Waals surface area contributed by atoms with Gasteiger partial charge >= 0.3 is 0 Å². The van der Waals surface area contributed by atoms with Gasteiger partial charge in [-0.05, 0) is 35.0 Å². The average molecular weight is 472 g/mol. The van der Waals surface area contributed by atoms with Gasteiger partial charge < -0.3 is 0 Å². The highest BCUT2D eigenvalue weighted by Crippen LogP contribution is 2.41. The molecule has 6 aromatic carbocycles. The standard InChI is InChI=1S/C34H21N3/c1-2-12-24(13-3-1)37-30-17-9-8-16-29(30)35-34(37)31-27-20-18-22-10-4-6-14-25(22)32(27)36-33-26-15-7-5-11-23(26)19-21-28(31)33/h1-21H. The Morgan fingerprint density at radius 3 is 1.68 bits per heavy atom. The van der Waals surface area contributed by atoms with Crippen molar-refractivity contribution in [2.75, 3.05) is 0 Å². The number of hydrogen-bond acceptors (Lipinski definition) is 2. The van der Waals surface area contributed by atoms with Crippen LogP contribution in [0, 0.1) is 0 Å². The highest BCUT2D eigenvalue weighted by Gasteiger charge is 2.21. The Balaban J connectivity index is 1.63. The summed E-state index contributed by atoms with van der Waals surface area (Å²) < 4.78 is 2.29. The van der Waals surface area contributed by atoms with Gasteiger partial charge in [0.15, 0.2) is 0 Å². The molecule has 2 heterocycles. The summed E-state index contributed by atoms with van der Waals surface area (Å²) in [5.74, 6) is 0.926. The molecule has 8 rings (SSSR count). The molecule has 8 aromatic rings. The van der Waals surface area contributed by atoms with E-state index in [-0.39, 0.29) is 0 Å². The second-order valence-electron chi connectivity index (χ2n) is 9.45. The van der Waals surface area contributed by atoms with Gasteiger partial charge in [-0.3, -0.25) is 4.57 Å². The van der Waals surface area contributed by atoms with Crippen molar-refractivity contribution in [1.29, 1.82) is 0 Å². The fourth-order valence-corrected chi connectivity index (χ4v) is 5.68. The molecule has 37 heavy (non-hydrogen) atoms. The number of benzene rings is 6. The predicted octanol–water partition coefficient (Wildman–Crippen LogP) is 8.70. The van der Waals surface area contributed by atoms with Gasteiger partial charge in [-0.2, -0.15) is 0 Å². The van der Waals surface area contributed by atoms with Crippen molar-refractivity contribution >= 4 is 54.4 Å². The van der Waals surface area contributed by atoms with E-state index in [9.17, 15) is 0 Å². The number of nitrogens with zero attached hydrogens (tertiary/aromatic N) is 3. The molecule has 2 aromatic heterocycles. The van der Waals surface area contributed by atoms with Crippen molar-refractivity contribution in [3.63, 3.8) is 0 Å². The first kappa shape index (κ1) is 20.2. The SMILES string of the molecule is c1ccc(-n2c(-c3c4ccc5ccccc5c4nc4c3ccc3ccccc34)nc3ccccc32)cc1. The van der Waals surface area contributed by atoms with Gasteiger partial charge in [-0.1, -0.05) is 103 Å². The fraction of sp³-hybridized carbons (Fsp3) is 0. The van der Waals surface area contributed by atoms with Crippen LogP contribution in [0.1, 0.15) is 0 Å². The van der Waals surface area contributed by atoms with Crippen molar-refractivity contribution in [1.82, 2.24) is 14.5 Å². The van der Waals surface area contributed by atoms with Crippen LogP contribution in [-0.4, -0.2) is 14.5 Å². The average Bonchev–Trinajstić information content (AvgIpc) is 3.35. The largest absolute Gasteiger partial charge is 0.292 e. The maximum absolute atomic E-state index is 5.34. The van der Waals surface area contributed by atoms with Crippen molar-refractivity contribution < 1.29 is 0 Å². The molecule has 3 heteroatoms. The van der Waals surface area contributed by atoms with Gasteiger partial charge in [0.05, 0.1) is 22.1 Å². The second kappa shape index (κ2) is 7.74. The molecule has 0 fully saturated rings. The van der Waals surface area contributed by atoms with E-state index < -0.39 is 0 Å². The normalized spacial score (nSPS) is 11.8. The minimum atomic E-state index is 0.926. The smallest absolute Gasteiger partial charge is 0.147 e. The third-order valence-corrected chi connectivity index (χ3v) is 7.36. The Kier molecular flexibility index (Phi) is 4.23. The van der Waals surface area contributed by atoms with Gasteiger partial charge in [0.25, 0.3) is 0 Å². The predicted molar refractivity (Wildman–Crippen MR) is 154 cm³/mol. The number of aromatic nitrogens is 3. The summed E-state index contributed by atoms with van der Waals surface area (Å²) in [5.41, 5.74) is 6.26. The summed E-state index contributed by atoms with van der Waals surface area (Å²) in [7, 11) is 0. The Morgan fingerprint density at radius 1 is 0.432 bits per heavy atom. The Morgan fingerprint density at radius 2 is 1.00 bits per heavy atom. The molecule has 0 bridgehead atoms. The fourth-order valence-electron chi connectivity index (χ4n) is 5.68. The third kappa shape index (κ3) is 2.95. The monoisotopic (exact) mass is 471 g/mol. The molecular weight excluding hydrogens is 450 g/mol. The summed E-state index contributed by atoms with van der Waals surface area (Å²) in [6.45, 7) is 0. The minimum absolute atomic E-state index is 0.926. The first-order chi connectivity index (χ1) is 18.4. The van der Waals surface area contributed by atoms with E-state index in [0.29, 0.717) is 0 Å². The zero-order valence-electron chi connectivity index (χ0n) is 20.0. The molecule has 0 saturated carbocycles. The van der Waals surface area contributed by atoms with Crippen molar-refractivity contribution in [2.24, 2.45) is 0 Å². The van der Waals surface area contributed by atoms with Crippen molar-refractivity contribution in [3.8, 4) is 17.1 Å². The van der Waals surface area contributed by atoms with Crippen LogP contribution in [0.5, 0.6) is 0 Å². The molecule has 3 nitrogen and oxygen atoms in total. The Labute approximate surface area is 213 Å². The van der Waals surface area contributed by atoms with E-state index in [4.69, 9.17) is 9.97 Å². The molecule has 0 aliphatic rings. The van der Waals surface area contributed by atoms with Gasteiger partial charge in [0.2, 0.25) is 0 Å². The van der Waals surface area contributed by atoms with Gasteiger partial charge in [0, 0.05) is 32.8 Å². The lowest BCUT2D eigenvalue weighted by molar-refractivity contribution is 1.11. The molecule has 0 aliphatic carbocycles. The summed E-state index contributed by atoms with van der Waals surface area (Å²) in [5, 5.41) is 6.88. The first-order valence-electron chi connectivity index (χ1n) is 12.5. The van der Waals surface area contributed by atoms with Crippen LogP contribution in [0.4, 0.5) is 0 Å². The molecule has 0 N–H and O–H groups in total. The molecule has 0 unspecified atom stereocenters. The highest BCUT2D eigenvalue weighted by molar-refractivity contribution is 6.21. The van der Waals surface area contributed by atoms with Crippen LogP contribution >= 0.6 is 0 Å². The van der Waals surface area contributed by atoms with Crippen LogP contribution in [0.3, 0.4) is 0 Å². The first-order valence-corrected chi connectivity index (χ1v) is 12.5. The van der Waals surface area contributed by atoms with E-state index in [2.05, 4.69) is 132 Å². The summed E-state index contributed by atoms with van der Waals surface area (Å²) in [6, 6.07) is 44.7. The molecule has 0 amide bonds. The summed E-state index contributed by atoms with van der Waals surface area (Å²) in [4.78, 5) is 10.6. The van der Waals surface area contributed by atoms with Crippen molar-refractivity contribution in [2.45, 2.75) is 0 Å². The van der Waals surface area contributed by atoms with E-state index in [1.165, 1.54) is 10.8 Å². The molecule has 0 aliphatic heterocycles. The van der Waals surface area contributed by atoms with E-state index in [1.807, 2.05) is 0 Å². The minimum Gasteiger partial charge on any atom is -0.292 e. The Hall–Kier alpha value is -5.02. The van der Waals surface area contributed by atoms with E-state index in [1.54, 1.807) is 0 Å². The number of imidazole rings is 1.